The van der Waals surface area contributed by atoms with E-state index in [-0.39, 0.29) is 19.3 Å². The van der Waals surface area contributed by atoms with Gasteiger partial charge in [-0.2, -0.15) is 0 Å². The van der Waals surface area contributed by atoms with E-state index in [4.69, 9.17) is 15.6 Å². The summed E-state index contributed by atoms with van der Waals surface area (Å²) < 4.78 is 4.76. The van der Waals surface area contributed by atoms with Crippen molar-refractivity contribution in [2.75, 3.05) is 7.11 Å². The molecular weight excluding hydrogens is 326 g/mol. The van der Waals surface area contributed by atoms with E-state index in [1.165, 1.54) is 7.11 Å². The number of esters is 1. The number of carbonyl (C=O) groups excluding carboxylic acids is 2. The van der Waals surface area contributed by atoms with Crippen LogP contribution < -0.4 is 11.1 Å². The molecule has 0 saturated carbocycles. The molecule has 1 heterocycles. The molecule has 0 aliphatic rings. The number of carboxylic acids is 1. The SMILES string of the molecule is COC(=O)C(Cc1c[nH]c2ccccc12)NC(=O)CCC(N)C(=O)O. The molecule has 5 N–H and O–H groups in total. The fraction of sp³-hybridized carbons (Fsp3) is 0.353. The molecule has 0 fully saturated rings. The van der Waals surface area contributed by atoms with Crippen LogP contribution in [0.3, 0.4) is 0 Å². The van der Waals surface area contributed by atoms with Crippen molar-refractivity contribution < 1.29 is 24.2 Å². The van der Waals surface area contributed by atoms with Crippen LogP contribution in [0.2, 0.25) is 0 Å². The van der Waals surface area contributed by atoms with Crippen LogP contribution in [-0.2, 0) is 25.5 Å². The summed E-state index contributed by atoms with van der Waals surface area (Å²) >= 11 is 0. The number of aromatic amines is 1. The van der Waals surface area contributed by atoms with Gasteiger partial charge in [0.1, 0.15) is 12.1 Å². The highest BCUT2D eigenvalue weighted by Gasteiger charge is 2.24. The molecule has 2 unspecified atom stereocenters. The number of aliphatic carboxylic acids is 1. The zero-order valence-corrected chi connectivity index (χ0v) is 13.8. The Labute approximate surface area is 144 Å². The molecule has 1 amide bonds. The standard InChI is InChI=1S/C17H21N3O5/c1-25-17(24)14(20-15(21)7-6-12(18)16(22)23)8-10-9-19-13-5-3-2-4-11(10)13/h2-5,9,12,14,19H,6-8,18H2,1H3,(H,20,21)(H,22,23). The van der Waals surface area contributed by atoms with Gasteiger partial charge in [0.05, 0.1) is 7.11 Å². The van der Waals surface area contributed by atoms with Crippen LogP contribution in [0, 0.1) is 0 Å². The Kier molecular flexibility index (Phi) is 6.13. The van der Waals surface area contributed by atoms with Crippen molar-refractivity contribution in [3.63, 3.8) is 0 Å². The maximum absolute atomic E-state index is 12.0. The van der Waals surface area contributed by atoms with Crippen LogP contribution >= 0.6 is 0 Å². The fourth-order valence-corrected chi connectivity index (χ4v) is 2.53. The highest BCUT2D eigenvalue weighted by atomic mass is 16.5. The van der Waals surface area contributed by atoms with Gasteiger partial charge in [0.25, 0.3) is 0 Å². The van der Waals surface area contributed by atoms with Crippen LogP contribution in [0.4, 0.5) is 0 Å². The number of nitrogens with one attached hydrogen (secondary N) is 2. The Hall–Kier alpha value is -2.87. The first kappa shape index (κ1) is 18.5. The van der Waals surface area contributed by atoms with E-state index in [1.54, 1.807) is 6.20 Å². The Bertz CT molecular complexity index is 770. The Morgan fingerprint density at radius 3 is 2.72 bits per heavy atom. The average molecular weight is 347 g/mol. The number of fused-ring (bicyclic) bond motifs is 1. The van der Waals surface area contributed by atoms with Gasteiger partial charge in [0.2, 0.25) is 5.91 Å². The molecule has 0 radical (unpaired) electrons. The van der Waals surface area contributed by atoms with Crippen LogP contribution in [0.5, 0.6) is 0 Å². The monoisotopic (exact) mass is 347 g/mol. The van der Waals surface area contributed by atoms with E-state index < -0.39 is 29.9 Å². The molecule has 0 bridgehead atoms. The number of ether oxygens (including phenoxy) is 1. The van der Waals surface area contributed by atoms with Crippen molar-refractivity contribution >= 4 is 28.7 Å². The molecule has 2 atom stereocenters. The molecule has 8 nitrogen and oxygen atoms in total. The molecule has 0 spiro atoms. The van der Waals surface area contributed by atoms with Crippen LogP contribution in [0.15, 0.2) is 30.5 Å². The summed E-state index contributed by atoms with van der Waals surface area (Å²) in [7, 11) is 1.25. The lowest BCUT2D eigenvalue weighted by molar-refractivity contribution is -0.145. The van der Waals surface area contributed by atoms with Crippen LogP contribution in [0.25, 0.3) is 10.9 Å². The van der Waals surface area contributed by atoms with Gasteiger partial charge in [0, 0.05) is 29.9 Å². The first-order valence-corrected chi connectivity index (χ1v) is 7.83. The largest absolute Gasteiger partial charge is 0.480 e. The van der Waals surface area contributed by atoms with Gasteiger partial charge in [-0.3, -0.25) is 9.59 Å². The number of hydrogen-bond acceptors (Lipinski definition) is 5. The third-order valence-electron chi connectivity index (χ3n) is 3.92. The van der Waals surface area contributed by atoms with Gasteiger partial charge in [0.15, 0.2) is 0 Å². The maximum Gasteiger partial charge on any atom is 0.328 e. The molecular formula is C17H21N3O5. The van der Waals surface area contributed by atoms with Gasteiger partial charge >= 0.3 is 11.9 Å². The third kappa shape index (κ3) is 4.80. The summed E-state index contributed by atoms with van der Waals surface area (Å²) in [6, 6.07) is 5.64. The van der Waals surface area contributed by atoms with Gasteiger partial charge < -0.3 is 25.9 Å². The highest BCUT2D eigenvalue weighted by molar-refractivity contribution is 5.87. The summed E-state index contributed by atoms with van der Waals surface area (Å²) in [6.45, 7) is 0. The van der Waals surface area contributed by atoms with E-state index in [0.717, 1.165) is 16.5 Å². The second-order valence-electron chi connectivity index (χ2n) is 5.69. The molecule has 1 aromatic heterocycles. The van der Waals surface area contributed by atoms with Crippen molar-refractivity contribution in [3.05, 3.63) is 36.0 Å². The molecule has 0 saturated heterocycles. The van der Waals surface area contributed by atoms with Crippen molar-refractivity contribution in [2.24, 2.45) is 5.73 Å². The summed E-state index contributed by atoms with van der Waals surface area (Å²) in [5.41, 5.74) is 7.18. The number of rotatable bonds is 8. The third-order valence-corrected chi connectivity index (χ3v) is 3.92. The minimum Gasteiger partial charge on any atom is -0.480 e. The minimum absolute atomic E-state index is 0.0118. The lowest BCUT2D eigenvalue weighted by Gasteiger charge is -2.16. The number of carbonyl (C=O) groups is 3. The van der Waals surface area contributed by atoms with Crippen molar-refractivity contribution in [1.29, 1.82) is 0 Å². The predicted molar refractivity (Wildman–Crippen MR) is 90.8 cm³/mol. The number of para-hydroxylation sites is 1. The van der Waals surface area contributed by atoms with Gasteiger partial charge in [-0.05, 0) is 18.1 Å². The number of benzene rings is 1. The Morgan fingerprint density at radius 1 is 1.32 bits per heavy atom. The molecule has 2 aromatic rings. The van der Waals surface area contributed by atoms with Gasteiger partial charge in [-0.15, -0.1) is 0 Å². The molecule has 1 aromatic carbocycles. The van der Waals surface area contributed by atoms with E-state index in [2.05, 4.69) is 10.3 Å². The second kappa shape index (κ2) is 8.29. The number of carboxylic acid groups (broad SMARTS) is 1. The molecule has 2 rings (SSSR count). The molecule has 0 aliphatic carbocycles. The number of methoxy groups -OCH3 is 1. The lowest BCUT2D eigenvalue weighted by atomic mass is 10.0. The summed E-state index contributed by atoms with van der Waals surface area (Å²) in [5.74, 6) is -2.19. The quantitative estimate of drug-likeness (QED) is 0.515. The highest BCUT2D eigenvalue weighted by Crippen LogP contribution is 2.19. The fourth-order valence-electron chi connectivity index (χ4n) is 2.53. The minimum atomic E-state index is -1.17. The van der Waals surface area contributed by atoms with Crippen molar-refractivity contribution in [2.45, 2.75) is 31.3 Å². The van der Waals surface area contributed by atoms with E-state index in [1.807, 2.05) is 24.3 Å². The number of H-pyrrole nitrogens is 1. The summed E-state index contributed by atoms with van der Waals surface area (Å²) in [6.07, 6.45) is 1.94. The lowest BCUT2D eigenvalue weighted by Crippen LogP contribution is -2.43. The zero-order valence-electron chi connectivity index (χ0n) is 13.8. The Morgan fingerprint density at radius 2 is 2.04 bits per heavy atom. The number of amides is 1. The average Bonchev–Trinajstić information content (AvgIpc) is 3.01. The zero-order chi connectivity index (χ0) is 18.4. The first-order valence-electron chi connectivity index (χ1n) is 7.83. The van der Waals surface area contributed by atoms with Crippen molar-refractivity contribution in [1.82, 2.24) is 10.3 Å². The van der Waals surface area contributed by atoms with Gasteiger partial charge in [-0.25, -0.2) is 4.79 Å². The summed E-state index contributed by atoms with van der Waals surface area (Å²) in [4.78, 5) is 37.8. The number of aromatic nitrogens is 1. The number of nitrogens with two attached hydrogens (primary N) is 1. The van der Waals surface area contributed by atoms with Crippen LogP contribution in [-0.4, -0.2) is 47.1 Å². The molecule has 0 aliphatic heterocycles. The normalized spacial score (nSPS) is 13.2. The Balaban J connectivity index is 2.05. The predicted octanol–water partition coefficient (Wildman–Crippen LogP) is 0.560. The summed E-state index contributed by atoms with van der Waals surface area (Å²) in [5, 5.41) is 12.3. The molecule has 134 valence electrons. The van der Waals surface area contributed by atoms with Crippen LogP contribution in [0.1, 0.15) is 18.4 Å². The maximum atomic E-state index is 12.0. The smallest absolute Gasteiger partial charge is 0.328 e. The van der Waals surface area contributed by atoms with E-state index >= 15 is 0 Å². The molecule has 25 heavy (non-hydrogen) atoms. The van der Waals surface area contributed by atoms with E-state index in [9.17, 15) is 14.4 Å². The first-order chi connectivity index (χ1) is 11.9. The topological polar surface area (TPSA) is 135 Å². The van der Waals surface area contributed by atoms with Gasteiger partial charge in [-0.1, -0.05) is 18.2 Å². The number of hydrogen-bond donors (Lipinski definition) is 4. The van der Waals surface area contributed by atoms with Crippen molar-refractivity contribution in [3.8, 4) is 0 Å². The molecule has 8 heteroatoms. The second-order valence-corrected chi connectivity index (χ2v) is 5.69. The van der Waals surface area contributed by atoms with E-state index in [0.29, 0.717) is 0 Å².